The van der Waals surface area contributed by atoms with Crippen LogP contribution in [0.25, 0.3) is 0 Å². The monoisotopic (exact) mass is 165 g/mol. The van der Waals surface area contributed by atoms with Crippen LogP contribution in [-0.4, -0.2) is 22.0 Å². The van der Waals surface area contributed by atoms with Crippen LogP contribution >= 0.6 is 0 Å². The van der Waals surface area contributed by atoms with Gasteiger partial charge in [-0.15, -0.1) is 0 Å². The largest absolute Gasteiger partial charge is 0.465 e. The number of amidine groups is 1. The Labute approximate surface area is 68.6 Å². The summed E-state index contributed by atoms with van der Waals surface area (Å²) in [7, 11) is 0. The molecule has 1 amide bonds. The number of carboxylic acid groups (broad SMARTS) is 1. The Kier molecular flexibility index (Phi) is 2.37. The van der Waals surface area contributed by atoms with Gasteiger partial charge in [-0.25, -0.2) is 4.79 Å². The Bertz CT molecular complexity index is 297. The molecule has 0 saturated heterocycles. The SMILES string of the molecule is N=C(NC(=O)O)c1cccnc1. The molecule has 1 aromatic rings. The van der Waals surface area contributed by atoms with Crippen molar-refractivity contribution in [1.82, 2.24) is 10.3 Å². The highest BCUT2D eigenvalue weighted by Gasteiger charge is 2.02. The van der Waals surface area contributed by atoms with E-state index in [4.69, 9.17) is 10.5 Å². The molecule has 12 heavy (non-hydrogen) atoms. The zero-order valence-electron chi connectivity index (χ0n) is 6.11. The third-order valence-corrected chi connectivity index (χ3v) is 1.18. The number of pyridine rings is 1. The van der Waals surface area contributed by atoms with Gasteiger partial charge < -0.3 is 5.11 Å². The van der Waals surface area contributed by atoms with Crippen molar-refractivity contribution >= 4 is 11.9 Å². The van der Waals surface area contributed by atoms with Crippen LogP contribution in [-0.2, 0) is 0 Å². The van der Waals surface area contributed by atoms with E-state index in [1.54, 1.807) is 18.3 Å². The molecular weight excluding hydrogens is 158 g/mol. The molecule has 5 nitrogen and oxygen atoms in total. The number of nitrogens with zero attached hydrogens (tertiary/aromatic N) is 1. The van der Waals surface area contributed by atoms with Crippen molar-refractivity contribution in [3.8, 4) is 0 Å². The Morgan fingerprint density at radius 1 is 1.67 bits per heavy atom. The third kappa shape index (κ3) is 2.05. The van der Waals surface area contributed by atoms with E-state index in [-0.39, 0.29) is 5.84 Å². The maximum Gasteiger partial charge on any atom is 0.410 e. The molecule has 1 rings (SSSR count). The first-order valence-corrected chi connectivity index (χ1v) is 3.19. The van der Waals surface area contributed by atoms with Gasteiger partial charge in [0.1, 0.15) is 5.84 Å². The molecule has 0 aliphatic rings. The zero-order valence-corrected chi connectivity index (χ0v) is 6.11. The molecule has 0 spiro atoms. The first-order valence-electron chi connectivity index (χ1n) is 3.19. The Balaban J connectivity index is 2.73. The highest BCUT2D eigenvalue weighted by Crippen LogP contribution is 1.93. The fourth-order valence-electron chi connectivity index (χ4n) is 0.690. The second-order valence-corrected chi connectivity index (χ2v) is 2.05. The summed E-state index contributed by atoms with van der Waals surface area (Å²) in [5.74, 6) is -0.171. The minimum Gasteiger partial charge on any atom is -0.465 e. The topological polar surface area (TPSA) is 86.1 Å². The Morgan fingerprint density at radius 3 is 2.92 bits per heavy atom. The maximum absolute atomic E-state index is 10.1. The average molecular weight is 165 g/mol. The third-order valence-electron chi connectivity index (χ3n) is 1.18. The summed E-state index contributed by atoms with van der Waals surface area (Å²) in [5, 5.41) is 17.4. The van der Waals surface area contributed by atoms with Crippen LogP contribution in [0.15, 0.2) is 24.5 Å². The first-order chi connectivity index (χ1) is 5.70. The minimum atomic E-state index is -1.25. The Morgan fingerprint density at radius 2 is 2.42 bits per heavy atom. The molecule has 5 heteroatoms. The lowest BCUT2D eigenvalue weighted by atomic mass is 10.3. The van der Waals surface area contributed by atoms with Crippen molar-refractivity contribution in [1.29, 1.82) is 5.41 Å². The fourth-order valence-corrected chi connectivity index (χ4v) is 0.690. The molecule has 3 N–H and O–H groups in total. The van der Waals surface area contributed by atoms with Gasteiger partial charge in [0.2, 0.25) is 0 Å². The van der Waals surface area contributed by atoms with Crippen LogP contribution in [0.3, 0.4) is 0 Å². The van der Waals surface area contributed by atoms with E-state index in [1.165, 1.54) is 6.20 Å². The Hall–Kier alpha value is -1.91. The maximum atomic E-state index is 10.1. The van der Waals surface area contributed by atoms with Crippen LogP contribution < -0.4 is 5.32 Å². The van der Waals surface area contributed by atoms with E-state index >= 15 is 0 Å². The lowest BCUT2D eigenvalue weighted by Crippen LogP contribution is -2.28. The van der Waals surface area contributed by atoms with Gasteiger partial charge in [0.25, 0.3) is 0 Å². The number of nitrogens with one attached hydrogen (secondary N) is 2. The summed E-state index contributed by atoms with van der Waals surface area (Å²) in [6, 6.07) is 3.23. The predicted octanol–water partition coefficient (Wildman–Crippen LogP) is 0.675. The van der Waals surface area contributed by atoms with Gasteiger partial charge in [0, 0.05) is 18.0 Å². The standard InChI is InChI=1S/C7H7N3O2/c8-6(10-7(11)12)5-2-1-3-9-4-5/h1-4H,(H2,8,10)(H,11,12). The van der Waals surface area contributed by atoms with E-state index in [0.717, 1.165) is 0 Å². The molecule has 0 aliphatic heterocycles. The number of carbonyl (C=O) groups is 1. The molecular formula is C7H7N3O2. The number of hydrogen-bond donors (Lipinski definition) is 3. The molecule has 0 bridgehead atoms. The predicted molar refractivity (Wildman–Crippen MR) is 42.2 cm³/mol. The summed E-state index contributed by atoms with van der Waals surface area (Å²) >= 11 is 0. The molecule has 0 aromatic carbocycles. The number of amides is 1. The summed E-state index contributed by atoms with van der Waals surface area (Å²) < 4.78 is 0. The second-order valence-electron chi connectivity index (χ2n) is 2.05. The van der Waals surface area contributed by atoms with Gasteiger partial charge in [-0.3, -0.25) is 15.7 Å². The summed E-state index contributed by atoms with van der Waals surface area (Å²) in [5.41, 5.74) is 0.444. The van der Waals surface area contributed by atoms with Crippen LogP contribution in [0.2, 0.25) is 0 Å². The van der Waals surface area contributed by atoms with Crippen molar-refractivity contribution in [2.45, 2.75) is 0 Å². The summed E-state index contributed by atoms with van der Waals surface area (Å²) in [6.07, 6.45) is 1.72. The van der Waals surface area contributed by atoms with E-state index < -0.39 is 6.09 Å². The minimum absolute atomic E-state index is 0.171. The van der Waals surface area contributed by atoms with E-state index in [1.807, 2.05) is 5.32 Å². The number of rotatable bonds is 1. The number of hydrogen-bond acceptors (Lipinski definition) is 3. The van der Waals surface area contributed by atoms with Gasteiger partial charge in [-0.05, 0) is 12.1 Å². The van der Waals surface area contributed by atoms with Crippen LogP contribution in [0.1, 0.15) is 5.56 Å². The van der Waals surface area contributed by atoms with Crippen molar-refractivity contribution in [2.75, 3.05) is 0 Å². The van der Waals surface area contributed by atoms with E-state index in [0.29, 0.717) is 5.56 Å². The molecule has 1 heterocycles. The number of aromatic nitrogens is 1. The van der Waals surface area contributed by atoms with E-state index in [9.17, 15) is 4.79 Å². The smallest absolute Gasteiger partial charge is 0.410 e. The van der Waals surface area contributed by atoms with Crippen molar-refractivity contribution in [3.63, 3.8) is 0 Å². The highest BCUT2D eigenvalue weighted by atomic mass is 16.4. The van der Waals surface area contributed by atoms with Crippen molar-refractivity contribution in [2.24, 2.45) is 0 Å². The molecule has 1 aromatic heterocycles. The van der Waals surface area contributed by atoms with Gasteiger partial charge in [0.15, 0.2) is 0 Å². The molecule has 0 aliphatic carbocycles. The van der Waals surface area contributed by atoms with Crippen LogP contribution in [0.5, 0.6) is 0 Å². The molecule has 0 unspecified atom stereocenters. The second kappa shape index (κ2) is 3.47. The van der Waals surface area contributed by atoms with Gasteiger partial charge in [0.05, 0.1) is 0 Å². The molecule has 0 atom stereocenters. The van der Waals surface area contributed by atoms with Gasteiger partial charge in [-0.1, -0.05) is 0 Å². The van der Waals surface area contributed by atoms with Crippen LogP contribution in [0, 0.1) is 5.41 Å². The van der Waals surface area contributed by atoms with Gasteiger partial charge in [-0.2, -0.15) is 0 Å². The van der Waals surface area contributed by atoms with Crippen molar-refractivity contribution in [3.05, 3.63) is 30.1 Å². The molecule has 62 valence electrons. The lowest BCUT2D eigenvalue weighted by molar-refractivity contribution is 0.200. The summed E-state index contributed by atoms with van der Waals surface area (Å²) in [4.78, 5) is 13.8. The zero-order chi connectivity index (χ0) is 8.97. The lowest BCUT2D eigenvalue weighted by Gasteiger charge is -2.00. The molecule has 0 saturated carbocycles. The summed E-state index contributed by atoms with van der Waals surface area (Å²) in [6.45, 7) is 0. The first kappa shape index (κ1) is 8.19. The molecule has 0 fully saturated rings. The van der Waals surface area contributed by atoms with Gasteiger partial charge >= 0.3 is 6.09 Å². The molecule has 0 radical (unpaired) electrons. The quantitative estimate of drug-likeness (QED) is 0.422. The van der Waals surface area contributed by atoms with Crippen molar-refractivity contribution < 1.29 is 9.90 Å². The van der Waals surface area contributed by atoms with Crippen LogP contribution in [0.4, 0.5) is 4.79 Å². The van der Waals surface area contributed by atoms with E-state index in [2.05, 4.69) is 4.98 Å². The highest BCUT2D eigenvalue weighted by molar-refractivity contribution is 6.03. The fraction of sp³-hybridized carbons (Fsp3) is 0. The normalized spacial score (nSPS) is 9.00. The average Bonchev–Trinajstić information content (AvgIpc) is 2.05.